The molecule has 0 N–H and O–H groups in total. The number of benzene rings is 1. The third kappa shape index (κ3) is 3.39. The number of fused-ring (bicyclic) bond motifs is 2. The fourth-order valence-corrected chi connectivity index (χ4v) is 4.17. The van der Waals surface area contributed by atoms with E-state index in [1.54, 1.807) is 12.4 Å². The molecule has 136 valence electrons. The lowest BCUT2D eigenvalue weighted by Gasteiger charge is -2.39. The van der Waals surface area contributed by atoms with Crippen LogP contribution in [0.25, 0.3) is 0 Å². The first-order valence-electron chi connectivity index (χ1n) is 9.37. The van der Waals surface area contributed by atoms with Crippen molar-refractivity contribution in [3.63, 3.8) is 0 Å². The van der Waals surface area contributed by atoms with Crippen LogP contribution < -0.4 is 9.47 Å². The summed E-state index contributed by atoms with van der Waals surface area (Å²) >= 11 is 0. The molecular formula is C21H24N2O3. The number of carbonyl (C=O) groups is 1. The molecule has 0 radical (unpaired) electrons. The maximum absolute atomic E-state index is 13.0. The second-order valence-electron chi connectivity index (χ2n) is 6.95. The van der Waals surface area contributed by atoms with Crippen molar-refractivity contribution < 1.29 is 14.3 Å². The van der Waals surface area contributed by atoms with Gasteiger partial charge in [0.25, 0.3) is 5.91 Å². The van der Waals surface area contributed by atoms with Crippen LogP contribution in [0.1, 0.15) is 43.0 Å². The number of amides is 1. The fraction of sp³-hybridized carbons (Fsp3) is 0.429. The average Bonchev–Trinajstić information content (AvgIpc) is 2.93. The third-order valence-electron chi connectivity index (χ3n) is 5.27. The van der Waals surface area contributed by atoms with E-state index in [0.717, 1.165) is 42.7 Å². The zero-order chi connectivity index (χ0) is 17.9. The Morgan fingerprint density at radius 2 is 1.85 bits per heavy atom. The first-order chi connectivity index (χ1) is 12.7. The van der Waals surface area contributed by atoms with Gasteiger partial charge in [-0.3, -0.25) is 9.78 Å². The Hall–Kier alpha value is -2.56. The maximum atomic E-state index is 13.0. The van der Waals surface area contributed by atoms with Gasteiger partial charge >= 0.3 is 0 Å². The molecule has 0 saturated carbocycles. The molecular weight excluding hydrogens is 328 g/mol. The average molecular weight is 352 g/mol. The SMILES string of the molecule is CCOc1ccc(C(=O)N2C3CCC2CC(Oc2cccnc2)C3)cc1. The van der Waals surface area contributed by atoms with E-state index in [-0.39, 0.29) is 24.1 Å². The summed E-state index contributed by atoms with van der Waals surface area (Å²) in [6.45, 7) is 2.58. The highest BCUT2D eigenvalue weighted by Crippen LogP contribution is 2.38. The summed E-state index contributed by atoms with van der Waals surface area (Å²) in [6.07, 6.45) is 7.53. The second kappa shape index (κ2) is 7.36. The van der Waals surface area contributed by atoms with E-state index in [2.05, 4.69) is 9.88 Å². The number of hydrogen-bond donors (Lipinski definition) is 0. The number of nitrogens with zero attached hydrogens (tertiary/aromatic N) is 2. The molecule has 5 nitrogen and oxygen atoms in total. The molecule has 0 spiro atoms. The van der Waals surface area contributed by atoms with Gasteiger partial charge in [-0.05, 0) is 56.2 Å². The van der Waals surface area contributed by atoms with Gasteiger partial charge in [-0.2, -0.15) is 0 Å². The van der Waals surface area contributed by atoms with Crippen molar-refractivity contribution in [2.75, 3.05) is 6.61 Å². The van der Waals surface area contributed by atoms with Crippen LogP contribution in [0.15, 0.2) is 48.8 Å². The number of aromatic nitrogens is 1. The number of hydrogen-bond acceptors (Lipinski definition) is 4. The van der Waals surface area contributed by atoms with Crippen molar-refractivity contribution in [2.45, 2.75) is 50.8 Å². The Kier molecular flexibility index (Phi) is 4.78. The topological polar surface area (TPSA) is 51.7 Å². The highest BCUT2D eigenvalue weighted by atomic mass is 16.5. The summed E-state index contributed by atoms with van der Waals surface area (Å²) in [4.78, 5) is 19.2. The summed E-state index contributed by atoms with van der Waals surface area (Å²) in [6, 6.07) is 11.8. The van der Waals surface area contributed by atoms with Crippen molar-refractivity contribution in [3.8, 4) is 11.5 Å². The van der Waals surface area contributed by atoms with Gasteiger partial charge < -0.3 is 14.4 Å². The van der Waals surface area contributed by atoms with Gasteiger partial charge in [-0.1, -0.05) is 0 Å². The highest BCUT2D eigenvalue weighted by molar-refractivity contribution is 5.95. The van der Waals surface area contributed by atoms with Gasteiger partial charge in [0.1, 0.15) is 17.6 Å². The summed E-state index contributed by atoms with van der Waals surface area (Å²) in [5.74, 6) is 1.74. The third-order valence-corrected chi connectivity index (χ3v) is 5.27. The second-order valence-corrected chi connectivity index (χ2v) is 6.95. The first-order valence-corrected chi connectivity index (χ1v) is 9.37. The summed E-state index contributed by atoms with van der Waals surface area (Å²) < 4.78 is 11.6. The zero-order valence-electron chi connectivity index (χ0n) is 15.0. The minimum absolute atomic E-state index is 0.125. The molecule has 2 unspecified atom stereocenters. The molecule has 0 aliphatic carbocycles. The molecule has 26 heavy (non-hydrogen) atoms. The Morgan fingerprint density at radius 3 is 2.46 bits per heavy atom. The van der Waals surface area contributed by atoms with Gasteiger partial charge in [-0.25, -0.2) is 0 Å². The van der Waals surface area contributed by atoms with E-state index in [9.17, 15) is 4.79 Å². The zero-order valence-corrected chi connectivity index (χ0v) is 15.0. The van der Waals surface area contributed by atoms with Crippen LogP contribution in [-0.2, 0) is 0 Å². The van der Waals surface area contributed by atoms with Crippen molar-refractivity contribution in [3.05, 3.63) is 54.4 Å². The van der Waals surface area contributed by atoms with Gasteiger partial charge in [-0.15, -0.1) is 0 Å². The lowest BCUT2D eigenvalue weighted by Crippen LogP contribution is -2.49. The number of rotatable bonds is 5. The molecule has 5 heteroatoms. The summed E-state index contributed by atoms with van der Waals surface area (Å²) in [5, 5.41) is 0. The first kappa shape index (κ1) is 16.9. The van der Waals surface area contributed by atoms with Crippen LogP contribution in [0, 0.1) is 0 Å². The standard InChI is InChI=1S/C21H24N2O3/c1-2-25-18-9-5-15(6-10-18)21(24)23-16-7-8-17(23)13-20(12-16)26-19-4-3-11-22-14-19/h3-6,9-11,14,16-17,20H,2,7-8,12-13H2,1H3. The molecule has 3 heterocycles. The molecule has 4 rings (SSSR count). The number of pyridine rings is 1. The molecule has 2 atom stereocenters. The lowest BCUT2D eigenvalue weighted by molar-refractivity contribution is 0.0358. The summed E-state index contributed by atoms with van der Waals surface area (Å²) in [7, 11) is 0. The molecule has 2 aliphatic rings. The van der Waals surface area contributed by atoms with E-state index in [1.807, 2.05) is 43.3 Å². The van der Waals surface area contributed by atoms with Crippen molar-refractivity contribution >= 4 is 5.91 Å². The molecule has 2 aliphatic heterocycles. The maximum Gasteiger partial charge on any atom is 0.254 e. The van der Waals surface area contributed by atoms with Gasteiger partial charge in [0.15, 0.2) is 0 Å². The van der Waals surface area contributed by atoms with Crippen LogP contribution >= 0.6 is 0 Å². The normalized spacial score (nSPS) is 24.3. The largest absolute Gasteiger partial charge is 0.494 e. The predicted octanol–water partition coefficient (Wildman–Crippen LogP) is 3.69. The quantitative estimate of drug-likeness (QED) is 0.823. The fourth-order valence-electron chi connectivity index (χ4n) is 4.17. The van der Waals surface area contributed by atoms with E-state index >= 15 is 0 Å². The minimum Gasteiger partial charge on any atom is -0.494 e. The monoisotopic (exact) mass is 352 g/mol. The van der Waals surface area contributed by atoms with Crippen molar-refractivity contribution in [1.82, 2.24) is 9.88 Å². The minimum atomic E-state index is 0.125. The molecule has 1 aromatic heterocycles. The molecule has 2 aromatic rings. The van der Waals surface area contributed by atoms with Crippen LogP contribution in [0.4, 0.5) is 0 Å². The molecule has 1 amide bonds. The Bertz CT molecular complexity index is 734. The number of ether oxygens (including phenoxy) is 2. The highest BCUT2D eigenvalue weighted by Gasteiger charge is 2.44. The van der Waals surface area contributed by atoms with Crippen LogP contribution in [-0.4, -0.2) is 40.6 Å². The number of piperidine rings is 1. The predicted molar refractivity (Wildman–Crippen MR) is 98.5 cm³/mol. The van der Waals surface area contributed by atoms with Gasteiger partial charge in [0, 0.05) is 36.7 Å². The van der Waals surface area contributed by atoms with E-state index in [1.165, 1.54) is 0 Å². The lowest BCUT2D eigenvalue weighted by atomic mass is 9.98. The molecule has 1 aromatic carbocycles. The van der Waals surface area contributed by atoms with Crippen LogP contribution in [0.3, 0.4) is 0 Å². The van der Waals surface area contributed by atoms with E-state index in [4.69, 9.17) is 9.47 Å². The van der Waals surface area contributed by atoms with E-state index < -0.39 is 0 Å². The Balaban J connectivity index is 1.43. The Labute approximate surface area is 153 Å². The smallest absolute Gasteiger partial charge is 0.254 e. The Morgan fingerprint density at radius 1 is 1.12 bits per heavy atom. The van der Waals surface area contributed by atoms with Crippen molar-refractivity contribution in [2.24, 2.45) is 0 Å². The molecule has 2 saturated heterocycles. The van der Waals surface area contributed by atoms with Crippen LogP contribution in [0.2, 0.25) is 0 Å². The van der Waals surface area contributed by atoms with E-state index in [0.29, 0.717) is 6.61 Å². The van der Waals surface area contributed by atoms with Crippen LogP contribution in [0.5, 0.6) is 11.5 Å². The number of carbonyl (C=O) groups excluding carboxylic acids is 1. The van der Waals surface area contributed by atoms with Crippen molar-refractivity contribution in [1.29, 1.82) is 0 Å². The van der Waals surface area contributed by atoms with Gasteiger partial charge in [0.05, 0.1) is 12.8 Å². The molecule has 2 bridgehead atoms. The summed E-state index contributed by atoms with van der Waals surface area (Å²) in [5.41, 5.74) is 0.733. The van der Waals surface area contributed by atoms with Gasteiger partial charge in [0.2, 0.25) is 0 Å². The molecule has 2 fully saturated rings.